The second-order valence-corrected chi connectivity index (χ2v) is 4.47. The van der Waals surface area contributed by atoms with E-state index in [1.54, 1.807) is 25.3 Å². The monoisotopic (exact) mass is 316 g/mol. The summed E-state index contributed by atoms with van der Waals surface area (Å²) in [5, 5.41) is 0. The molecule has 0 N–H and O–H groups in total. The Morgan fingerprint density at radius 3 is 2.72 bits per heavy atom. The fraction of sp³-hybridized carbons (Fsp3) is 0.462. The Morgan fingerprint density at radius 2 is 2.06 bits per heavy atom. The predicted octanol–water partition coefficient (Wildman–Crippen LogP) is 2.69. The van der Waals surface area contributed by atoms with Crippen LogP contribution in [0.15, 0.2) is 22.7 Å². The molecule has 0 amide bonds. The normalized spacial score (nSPS) is 10.3. The average molecular weight is 317 g/mol. The third-order valence-corrected chi connectivity index (χ3v) is 2.83. The van der Waals surface area contributed by atoms with Gasteiger partial charge < -0.3 is 14.2 Å². The van der Waals surface area contributed by atoms with Crippen LogP contribution < -0.4 is 4.74 Å². The maximum atomic E-state index is 10.6. The van der Waals surface area contributed by atoms with Gasteiger partial charge in [-0.2, -0.15) is 0 Å². The molecule has 0 aliphatic rings. The quantitative estimate of drug-likeness (QED) is 0.519. The number of hydrogen-bond donors (Lipinski definition) is 0. The molecular formula is C13H17BrO4. The van der Waals surface area contributed by atoms with E-state index in [0.717, 1.165) is 17.2 Å². The molecule has 0 atom stereocenters. The minimum absolute atomic E-state index is 0.478. The minimum atomic E-state index is 0.478. The van der Waals surface area contributed by atoms with Crippen LogP contribution in [0.1, 0.15) is 16.8 Å². The summed E-state index contributed by atoms with van der Waals surface area (Å²) in [6.07, 6.45) is 1.68. The maximum Gasteiger partial charge on any atom is 0.150 e. The first-order valence-electron chi connectivity index (χ1n) is 5.72. The van der Waals surface area contributed by atoms with Crippen molar-refractivity contribution in [2.24, 2.45) is 0 Å². The molecule has 0 radical (unpaired) electrons. The molecular weight excluding hydrogens is 300 g/mol. The fourth-order valence-corrected chi connectivity index (χ4v) is 1.84. The van der Waals surface area contributed by atoms with E-state index in [-0.39, 0.29) is 0 Å². The fourth-order valence-electron chi connectivity index (χ4n) is 1.33. The smallest absolute Gasteiger partial charge is 0.150 e. The third kappa shape index (κ3) is 5.62. The lowest BCUT2D eigenvalue weighted by molar-refractivity contribution is 0.0804. The molecule has 0 aliphatic heterocycles. The topological polar surface area (TPSA) is 44.8 Å². The van der Waals surface area contributed by atoms with Crippen LogP contribution in [0.4, 0.5) is 0 Å². The molecule has 0 aliphatic carbocycles. The SMILES string of the molecule is COCCCOCCOc1ccc(C=O)cc1Br. The standard InChI is InChI=1S/C13H17BrO4/c1-16-5-2-6-17-7-8-18-13-4-3-11(10-15)9-12(13)14/h3-4,9-10H,2,5-8H2,1H3. The van der Waals surface area contributed by atoms with Crippen molar-refractivity contribution in [3.8, 4) is 5.75 Å². The van der Waals surface area contributed by atoms with Crippen molar-refractivity contribution >= 4 is 22.2 Å². The van der Waals surface area contributed by atoms with Crippen molar-refractivity contribution in [1.29, 1.82) is 0 Å². The van der Waals surface area contributed by atoms with Gasteiger partial charge in [0.05, 0.1) is 11.1 Å². The Morgan fingerprint density at radius 1 is 1.22 bits per heavy atom. The summed E-state index contributed by atoms with van der Waals surface area (Å²) in [5.74, 6) is 0.709. The Kier molecular flexibility index (Phi) is 7.64. The summed E-state index contributed by atoms with van der Waals surface area (Å²) in [7, 11) is 1.67. The number of hydrogen-bond acceptors (Lipinski definition) is 4. The number of rotatable bonds is 9. The molecule has 18 heavy (non-hydrogen) atoms. The van der Waals surface area contributed by atoms with E-state index in [1.807, 2.05) is 0 Å². The maximum absolute atomic E-state index is 10.6. The molecule has 0 bridgehead atoms. The largest absolute Gasteiger partial charge is 0.490 e. The number of aldehydes is 1. The van der Waals surface area contributed by atoms with Crippen LogP contribution in [0.2, 0.25) is 0 Å². The molecule has 0 saturated carbocycles. The van der Waals surface area contributed by atoms with Gasteiger partial charge in [-0.15, -0.1) is 0 Å². The minimum Gasteiger partial charge on any atom is -0.490 e. The van der Waals surface area contributed by atoms with Gasteiger partial charge in [0.25, 0.3) is 0 Å². The van der Waals surface area contributed by atoms with E-state index < -0.39 is 0 Å². The molecule has 1 rings (SSSR count). The van der Waals surface area contributed by atoms with E-state index in [2.05, 4.69) is 15.9 Å². The van der Waals surface area contributed by atoms with Gasteiger partial charge in [-0.1, -0.05) is 0 Å². The zero-order chi connectivity index (χ0) is 13.2. The van der Waals surface area contributed by atoms with E-state index in [4.69, 9.17) is 14.2 Å². The molecule has 4 nitrogen and oxygen atoms in total. The highest BCUT2D eigenvalue weighted by molar-refractivity contribution is 9.10. The van der Waals surface area contributed by atoms with Crippen molar-refractivity contribution in [2.45, 2.75) is 6.42 Å². The van der Waals surface area contributed by atoms with Crippen LogP contribution >= 0.6 is 15.9 Å². The van der Waals surface area contributed by atoms with Crippen molar-refractivity contribution in [3.63, 3.8) is 0 Å². The van der Waals surface area contributed by atoms with Gasteiger partial charge >= 0.3 is 0 Å². The molecule has 0 saturated heterocycles. The van der Waals surface area contributed by atoms with E-state index >= 15 is 0 Å². The summed E-state index contributed by atoms with van der Waals surface area (Å²) in [6, 6.07) is 5.20. The molecule has 0 aromatic heterocycles. The van der Waals surface area contributed by atoms with Crippen LogP contribution in [-0.4, -0.2) is 39.8 Å². The zero-order valence-electron chi connectivity index (χ0n) is 10.4. The molecule has 5 heteroatoms. The Bertz CT molecular complexity index is 368. The van der Waals surface area contributed by atoms with E-state index in [0.29, 0.717) is 37.7 Å². The van der Waals surface area contributed by atoms with Crippen molar-refractivity contribution in [2.75, 3.05) is 33.5 Å². The van der Waals surface area contributed by atoms with Gasteiger partial charge in [0.15, 0.2) is 0 Å². The molecule has 1 aromatic rings. The molecule has 100 valence electrons. The average Bonchev–Trinajstić information content (AvgIpc) is 2.39. The number of benzene rings is 1. The molecule has 0 heterocycles. The van der Waals surface area contributed by atoms with E-state index in [1.165, 1.54) is 0 Å². The number of halogens is 1. The second kappa shape index (κ2) is 9.08. The lowest BCUT2D eigenvalue weighted by Crippen LogP contribution is -2.08. The highest BCUT2D eigenvalue weighted by Gasteiger charge is 2.02. The Hall–Kier alpha value is -0.910. The molecule has 0 spiro atoms. The van der Waals surface area contributed by atoms with E-state index in [9.17, 15) is 4.79 Å². The van der Waals surface area contributed by atoms with Crippen LogP contribution in [0.25, 0.3) is 0 Å². The highest BCUT2D eigenvalue weighted by atomic mass is 79.9. The third-order valence-electron chi connectivity index (χ3n) is 2.21. The second-order valence-electron chi connectivity index (χ2n) is 3.61. The lowest BCUT2D eigenvalue weighted by Gasteiger charge is -2.09. The first-order chi connectivity index (χ1) is 8.77. The summed E-state index contributed by atoms with van der Waals surface area (Å²) >= 11 is 3.35. The molecule has 0 unspecified atom stereocenters. The summed E-state index contributed by atoms with van der Waals surface area (Å²) in [4.78, 5) is 10.6. The number of ether oxygens (including phenoxy) is 3. The first-order valence-corrected chi connectivity index (χ1v) is 6.51. The van der Waals surface area contributed by atoms with Gasteiger partial charge in [0.2, 0.25) is 0 Å². The Balaban J connectivity index is 2.21. The van der Waals surface area contributed by atoms with Gasteiger partial charge in [0.1, 0.15) is 18.6 Å². The van der Waals surface area contributed by atoms with Crippen LogP contribution in [0, 0.1) is 0 Å². The van der Waals surface area contributed by atoms with Gasteiger partial charge in [-0.05, 0) is 40.5 Å². The van der Waals surface area contributed by atoms with Crippen LogP contribution in [0.5, 0.6) is 5.75 Å². The molecule has 1 aromatic carbocycles. The van der Waals surface area contributed by atoms with Crippen molar-refractivity contribution in [1.82, 2.24) is 0 Å². The number of methoxy groups -OCH3 is 1. The highest BCUT2D eigenvalue weighted by Crippen LogP contribution is 2.25. The first kappa shape index (κ1) is 15.1. The number of carbonyl (C=O) groups excluding carboxylic acids is 1. The zero-order valence-corrected chi connectivity index (χ0v) is 11.9. The summed E-state index contributed by atoms with van der Waals surface area (Å²) < 4.78 is 16.6. The van der Waals surface area contributed by atoms with Crippen LogP contribution in [-0.2, 0) is 9.47 Å². The Labute approximate surface area is 115 Å². The predicted molar refractivity (Wildman–Crippen MR) is 72.3 cm³/mol. The van der Waals surface area contributed by atoms with Gasteiger partial charge in [-0.3, -0.25) is 4.79 Å². The van der Waals surface area contributed by atoms with Crippen molar-refractivity contribution < 1.29 is 19.0 Å². The summed E-state index contributed by atoms with van der Waals surface area (Å²) in [5.41, 5.74) is 0.616. The van der Waals surface area contributed by atoms with Gasteiger partial charge in [0, 0.05) is 25.9 Å². The lowest BCUT2D eigenvalue weighted by atomic mass is 10.2. The van der Waals surface area contributed by atoms with Gasteiger partial charge in [-0.25, -0.2) is 0 Å². The summed E-state index contributed by atoms with van der Waals surface area (Å²) in [6.45, 7) is 2.39. The van der Waals surface area contributed by atoms with Crippen molar-refractivity contribution in [3.05, 3.63) is 28.2 Å². The molecule has 0 fully saturated rings. The van der Waals surface area contributed by atoms with Crippen LogP contribution in [0.3, 0.4) is 0 Å². The number of carbonyl (C=O) groups is 1.